The maximum absolute atomic E-state index is 14.4. The number of aromatic hydroxyl groups is 2. The predicted molar refractivity (Wildman–Crippen MR) is 281 cm³/mol. The molecule has 8 amide bonds. The third-order valence-electron chi connectivity index (χ3n) is 12.4. The summed E-state index contributed by atoms with van der Waals surface area (Å²) >= 11 is 4.08. The zero-order valence-electron chi connectivity index (χ0n) is 43.9. The van der Waals surface area contributed by atoms with E-state index in [2.05, 4.69) is 55.2 Å². The minimum atomic E-state index is -1.74. The number of carboxylic acid groups (broad SMARTS) is 1. The summed E-state index contributed by atoms with van der Waals surface area (Å²) in [6.45, 7) is 11.9. The molecule has 23 nitrogen and oxygen atoms in total. The minimum absolute atomic E-state index is 0.0345. The van der Waals surface area contributed by atoms with Gasteiger partial charge < -0.3 is 73.8 Å². The lowest BCUT2D eigenvalue weighted by Gasteiger charge is -2.30. The van der Waals surface area contributed by atoms with E-state index in [1.807, 2.05) is 13.8 Å². The van der Waals surface area contributed by atoms with E-state index in [0.29, 0.717) is 24.0 Å². The standard InChI is InChI=1S/C51H79N9O14S/c1-9-28(7)41(50(72)57-39(24-62)47(69)56-38(23-61)48(70)58-40(25-75)49(71)60-42(51(73)74)29(8)10-2)59-46(68)36(20-27(5)6)54-45(67)37(22-31-13-17-33(64)18-14-31)55-44(66)35(19-26(3)4)53-43(65)34(52)21-30-11-15-32(63)16-12-30/h11-18,26-29,34-42,61-64,75H,9-10,19-25,52H2,1-8H3,(H,53,65)(H,54,67)(H,55,66)(H,56,69)(H,57,72)(H,58,70)(H,59,68)(H,60,71)(H,73,74)/t28-,29-,34-,35-,36-,37-,38-,39-,40-,41-,42-/m0/s1. The molecule has 2 aromatic carbocycles. The summed E-state index contributed by atoms with van der Waals surface area (Å²) in [4.78, 5) is 121. The third kappa shape index (κ3) is 21.7. The Bertz CT molecular complexity index is 2220. The number of phenolic OH excluding ortho intramolecular Hbond substituents is 2. The van der Waals surface area contributed by atoms with Crippen LogP contribution in [0.15, 0.2) is 48.5 Å². The van der Waals surface area contributed by atoms with Crippen LogP contribution in [-0.4, -0.2) is 152 Å². The molecule has 0 saturated carbocycles. The van der Waals surface area contributed by atoms with Crippen LogP contribution in [-0.2, 0) is 56.0 Å². The molecule has 0 aliphatic heterocycles. The molecule has 0 radical (unpaired) electrons. The Hall–Kier alpha value is -6.50. The van der Waals surface area contributed by atoms with E-state index in [-0.39, 0.29) is 54.8 Å². The number of hydrogen-bond acceptors (Lipinski definition) is 15. The molecule has 418 valence electrons. The number of hydrogen-bond donors (Lipinski definition) is 15. The highest BCUT2D eigenvalue weighted by atomic mass is 32.1. The van der Waals surface area contributed by atoms with Crippen molar-refractivity contribution in [3.8, 4) is 11.5 Å². The van der Waals surface area contributed by atoms with Gasteiger partial charge in [-0.05, 0) is 78.3 Å². The first-order chi connectivity index (χ1) is 35.3. The normalized spacial score (nSPS) is 15.7. The maximum Gasteiger partial charge on any atom is 0.326 e. The van der Waals surface area contributed by atoms with Crippen molar-refractivity contribution >= 4 is 65.9 Å². The number of thiol groups is 1. The Morgan fingerprint density at radius 3 is 1.23 bits per heavy atom. The van der Waals surface area contributed by atoms with Gasteiger partial charge in [-0.3, -0.25) is 38.4 Å². The van der Waals surface area contributed by atoms with Crippen LogP contribution in [0.3, 0.4) is 0 Å². The molecule has 2 aromatic rings. The van der Waals surface area contributed by atoms with Gasteiger partial charge in [-0.25, -0.2) is 4.79 Å². The molecular weight excluding hydrogens is 995 g/mol. The predicted octanol–water partition coefficient (Wildman–Crippen LogP) is -0.728. The van der Waals surface area contributed by atoms with E-state index < -0.39 is 133 Å². The molecule has 0 unspecified atom stereocenters. The monoisotopic (exact) mass is 1070 g/mol. The van der Waals surface area contributed by atoms with Crippen molar-refractivity contribution in [1.29, 1.82) is 0 Å². The molecule has 15 N–H and O–H groups in total. The van der Waals surface area contributed by atoms with Gasteiger partial charge in [0.1, 0.15) is 59.8 Å². The number of nitrogens with one attached hydrogen (secondary N) is 8. The number of rotatable bonds is 32. The van der Waals surface area contributed by atoms with E-state index in [1.165, 1.54) is 24.3 Å². The van der Waals surface area contributed by atoms with Crippen LogP contribution in [0.5, 0.6) is 11.5 Å². The SMILES string of the molecule is CC[C@H](C)[C@H](NC(=O)[C@H](CS)NC(=O)[C@H](CO)NC(=O)[C@H](CO)NC(=O)[C@@H](NC(=O)[C@H](CC(C)C)NC(=O)[C@H](Cc1ccc(O)cc1)NC(=O)[C@H](CC(C)C)NC(=O)[C@@H](N)Cc1ccc(O)cc1)[C@@H](C)CC)C(=O)O. The summed E-state index contributed by atoms with van der Waals surface area (Å²) in [7, 11) is 0. The minimum Gasteiger partial charge on any atom is -0.508 e. The summed E-state index contributed by atoms with van der Waals surface area (Å²) < 4.78 is 0. The quantitative estimate of drug-likeness (QED) is 0.0402. The highest BCUT2D eigenvalue weighted by Gasteiger charge is 2.37. The van der Waals surface area contributed by atoms with Crippen molar-refractivity contribution < 1.29 is 68.7 Å². The number of aliphatic hydroxyl groups is 2. The lowest BCUT2D eigenvalue weighted by atomic mass is 9.96. The summed E-state index contributed by atoms with van der Waals surface area (Å²) in [6.07, 6.45) is 0.876. The molecule has 0 heterocycles. The summed E-state index contributed by atoms with van der Waals surface area (Å²) in [5.41, 5.74) is 7.41. The average molecular weight is 1070 g/mol. The van der Waals surface area contributed by atoms with Gasteiger partial charge in [0, 0.05) is 12.2 Å². The Kier molecular flexibility index (Phi) is 27.6. The van der Waals surface area contributed by atoms with Gasteiger partial charge in [0.05, 0.1) is 19.3 Å². The highest BCUT2D eigenvalue weighted by Crippen LogP contribution is 2.16. The number of amides is 8. The first-order valence-electron chi connectivity index (χ1n) is 25.1. The van der Waals surface area contributed by atoms with Gasteiger partial charge in [0.25, 0.3) is 0 Å². The molecule has 0 spiro atoms. The van der Waals surface area contributed by atoms with Crippen LogP contribution in [0, 0.1) is 23.7 Å². The molecule has 0 bridgehead atoms. The molecule has 11 atom stereocenters. The average Bonchev–Trinajstić information content (AvgIpc) is 3.36. The van der Waals surface area contributed by atoms with Gasteiger partial charge in [-0.15, -0.1) is 0 Å². The molecule has 24 heteroatoms. The van der Waals surface area contributed by atoms with Gasteiger partial charge in [-0.2, -0.15) is 12.6 Å². The molecular formula is C51H79N9O14S. The van der Waals surface area contributed by atoms with Gasteiger partial charge in [0.15, 0.2) is 0 Å². The number of benzene rings is 2. The fourth-order valence-corrected chi connectivity index (χ4v) is 7.82. The van der Waals surface area contributed by atoms with Gasteiger partial charge >= 0.3 is 5.97 Å². The molecule has 75 heavy (non-hydrogen) atoms. The van der Waals surface area contributed by atoms with Crippen molar-refractivity contribution in [1.82, 2.24) is 42.5 Å². The fraction of sp³-hybridized carbons (Fsp3) is 0.588. The second-order valence-corrected chi connectivity index (χ2v) is 20.0. The van der Waals surface area contributed by atoms with E-state index in [1.54, 1.807) is 65.8 Å². The second kappa shape index (κ2) is 32.1. The number of carboxylic acids is 1. The van der Waals surface area contributed by atoms with Crippen molar-refractivity contribution in [2.45, 2.75) is 148 Å². The van der Waals surface area contributed by atoms with E-state index >= 15 is 0 Å². The van der Waals surface area contributed by atoms with Crippen LogP contribution < -0.4 is 48.3 Å². The van der Waals surface area contributed by atoms with Gasteiger partial charge in [-0.1, -0.05) is 92.5 Å². The maximum atomic E-state index is 14.4. The first kappa shape index (κ1) is 64.6. The largest absolute Gasteiger partial charge is 0.508 e. The van der Waals surface area contributed by atoms with E-state index in [4.69, 9.17) is 5.73 Å². The van der Waals surface area contributed by atoms with Crippen LogP contribution in [0.4, 0.5) is 0 Å². The lowest BCUT2D eigenvalue weighted by Crippen LogP contribution is -2.62. The first-order valence-corrected chi connectivity index (χ1v) is 25.7. The summed E-state index contributed by atoms with van der Waals surface area (Å²) in [5.74, 6) is -10.1. The number of phenols is 2. The zero-order chi connectivity index (χ0) is 56.7. The van der Waals surface area contributed by atoms with Crippen LogP contribution in [0.1, 0.15) is 92.2 Å². The topological polar surface area (TPSA) is 377 Å². The van der Waals surface area contributed by atoms with E-state index in [0.717, 1.165) is 0 Å². The molecule has 0 fully saturated rings. The Morgan fingerprint density at radius 1 is 0.467 bits per heavy atom. The Morgan fingerprint density at radius 2 is 0.800 bits per heavy atom. The van der Waals surface area contributed by atoms with E-state index in [9.17, 15) is 68.7 Å². The van der Waals surface area contributed by atoms with Crippen molar-refractivity contribution in [2.24, 2.45) is 29.4 Å². The molecule has 2 rings (SSSR count). The molecule has 0 aliphatic rings. The van der Waals surface area contributed by atoms with Crippen LogP contribution in [0.2, 0.25) is 0 Å². The van der Waals surface area contributed by atoms with Crippen molar-refractivity contribution in [3.05, 3.63) is 59.7 Å². The Balaban J connectivity index is 2.34. The van der Waals surface area contributed by atoms with Crippen LogP contribution in [0.25, 0.3) is 0 Å². The zero-order valence-corrected chi connectivity index (χ0v) is 44.8. The number of carbonyl (C=O) groups excluding carboxylic acids is 8. The number of nitrogens with two attached hydrogens (primary N) is 1. The number of carbonyl (C=O) groups is 9. The van der Waals surface area contributed by atoms with Crippen molar-refractivity contribution in [3.63, 3.8) is 0 Å². The summed E-state index contributed by atoms with van der Waals surface area (Å²) in [6, 6.07) is -0.426. The molecule has 0 aliphatic carbocycles. The number of aliphatic carboxylic acids is 1. The Labute approximate surface area is 443 Å². The second-order valence-electron chi connectivity index (χ2n) is 19.6. The van der Waals surface area contributed by atoms with Crippen LogP contribution >= 0.6 is 12.6 Å². The molecule has 0 aromatic heterocycles. The molecule has 0 saturated heterocycles. The lowest BCUT2D eigenvalue weighted by molar-refractivity contribution is -0.143. The van der Waals surface area contributed by atoms with Crippen molar-refractivity contribution in [2.75, 3.05) is 19.0 Å². The fourth-order valence-electron chi connectivity index (χ4n) is 7.57. The van der Waals surface area contributed by atoms with Gasteiger partial charge in [0.2, 0.25) is 47.3 Å². The third-order valence-corrected chi connectivity index (χ3v) is 12.8. The highest BCUT2D eigenvalue weighted by molar-refractivity contribution is 7.80. The number of aliphatic hydroxyl groups excluding tert-OH is 2. The smallest absolute Gasteiger partial charge is 0.326 e. The summed E-state index contributed by atoms with van der Waals surface area (Å²) in [5, 5.41) is 69.5.